The predicted octanol–water partition coefficient (Wildman–Crippen LogP) is 3.10. The van der Waals surface area contributed by atoms with Crippen LogP contribution in [-0.4, -0.2) is 36.9 Å². The summed E-state index contributed by atoms with van der Waals surface area (Å²) in [5, 5.41) is 2.68. The van der Waals surface area contributed by atoms with Crippen LogP contribution >= 0.6 is 0 Å². The second-order valence-corrected chi connectivity index (χ2v) is 6.51. The number of hydrogen-bond acceptors (Lipinski definition) is 3. The molecule has 1 atom stereocenters. The maximum Gasteiger partial charge on any atom is 0.242 e. The number of nitrogens with zero attached hydrogens (tertiary/aromatic N) is 1. The van der Waals surface area contributed by atoms with E-state index in [1.165, 1.54) is 0 Å². The average Bonchev–Trinajstić information content (AvgIpc) is 2.69. The Morgan fingerprint density at radius 2 is 1.78 bits per heavy atom. The molecule has 0 fully saturated rings. The van der Waals surface area contributed by atoms with Crippen molar-refractivity contribution in [1.29, 1.82) is 0 Å². The Morgan fingerprint density at radius 3 is 2.33 bits per heavy atom. The molecule has 0 unspecified atom stereocenters. The van der Waals surface area contributed by atoms with Crippen LogP contribution in [0.1, 0.15) is 30.0 Å². The van der Waals surface area contributed by atoms with Crippen molar-refractivity contribution in [3.05, 3.63) is 65.2 Å². The topological polar surface area (TPSA) is 58.6 Å². The average molecular weight is 368 g/mol. The Balaban J connectivity index is 2.27. The SMILES string of the molecule is CC[C@@H](C(=O)NC)N(Cc1ccccc1C)C(=O)Cc1ccc(OC)cc1. The van der Waals surface area contributed by atoms with Crippen molar-refractivity contribution in [3.63, 3.8) is 0 Å². The fourth-order valence-corrected chi connectivity index (χ4v) is 3.08. The van der Waals surface area contributed by atoms with Gasteiger partial charge in [0.2, 0.25) is 11.8 Å². The molecule has 0 saturated carbocycles. The van der Waals surface area contributed by atoms with E-state index in [1.54, 1.807) is 19.1 Å². The predicted molar refractivity (Wildman–Crippen MR) is 107 cm³/mol. The van der Waals surface area contributed by atoms with Crippen LogP contribution in [0, 0.1) is 6.92 Å². The summed E-state index contributed by atoms with van der Waals surface area (Å²) in [6.07, 6.45) is 0.795. The van der Waals surface area contributed by atoms with Crippen molar-refractivity contribution in [2.75, 3.05) is 14.2 Å². The number of methoxy groups -OCH3 is 1. The first-order chi connectivity index (χ1) is 13.0. The monoisotopic (exact) mass is 368 g/mol. The summed E-state index contributed by atoms with van der Waals surface area (Å²) in [6, 6.07) is 14.9. The second-order valence-electron chi connectivity index (χ2n) is 6.51. The molecular weight excluding hydrogens is 340 g/mol. The molecule has 0 bridgehead atoms. The molecule has 2 aromatic rings. The number of likely N-dealkylation sites (N-methyl/N-ethyl adjacent to an activating group) is 1. The molecule has 2 amide bonds. The Labute approximate surface area is 161 Å². The number of rotatable bonds is 8. The first-order valence-corrected chi connectivity index (χ1v) is 9.18. The van der Waals surface area contributed by atoms with Crippen LogP contribution in [0.25, 0.3) is 0 Å². The highest BCUT2D eigenvalue weighted by molar-refractivity contribution is 5.88. The third-order valence-corrected chi connectivity index (χ3v) is 4.75. The van der Waals surface area contributed by atoms with Gasteiger partial charge in [0.1, 0.15) is 11.8 Å². The second kappa shape index (κ2) is 9.76. The number of amides is 2. The van der Waals surface area contributed by atoms with E-state index in [9.17, 15) is 9.59 Å². The van der Waals surface area contributed by atoms with Crippen LogP contribution < -0.4 is 10.1 Å². The lowest BCUT2D eigenvalue weighted by molar-refractivity contribution is -0.140. The van der Waals surface area contributed by atoms with Gasteiger partial charge in [-0.15, -0.1) is 0 Å². The fraction of sp³-hybridized carbons (Fsp3) is 0.364. The van der Waals surface area contributed by atoms with E-state index in [2.05, 4.69) is 5.32 Å². The largest absolute Gasteiger partial charge is 0.497 e. The molecule has 1 N–H and O–H groups in total. The molecule has 0 aliphatic rings. The summed E-state index contributed by atoms with van der Waals surface area (Å²) in [7, 11) is 3.21. The standard InChI is InChI=1S/C22H28N2O3/c1-5-20(22(26)23-3)24(15-18-9-7-6-8-16(18)2)21(25)14-17-10-12-19(27-4)13-11-17/h6-13,20H,5,14-15H2,1-4H3,(H,23,26)/t20-/m0/s1. The van der Waals surface area contributed by atoms with E-state index in [0.29, 0.717) is 13.0 Å². The van der Waals surface area contributed by atoms with Crippen molar-refractivity contribution in [3.8, 4) is 5.75 Å². The molecule has 0 spiro atoms. The summed E-state index contributed by atoms with van der Waals surface area (Å²) < 4.78 is 5.17. The summed E-state index contributed by atoms with van der Waals surface area (Å²) in [4.78, 5) is 27.2. The molecule has 0 aliphatic heterocycles. The number of carbonyl (C=O) groups is 2. The van der Waals surface area contributed by atoms with Crippen molar-refractivity contribution in [2.24, 2.45) is 0 Å². The van der Waals surface area contributed by atoms with Crippen LogP contribution in [0.2, 0.25) is 0 Å². The van der Waals surface area contributed by atoms with E-state index < -0.39 is 6.04 Å². The number of ether oxygens (including phenoxy) is 1. The molecule has 0 saturated heterocycles. The Hall–Kier alpha value is -2.82. The smallest absolute Gasteiger partial charge is 0.242 e. The Bertz CT molecular complexity index is 771. The minimum absolute atomic E-state index is 0.0705. The van der Waals surface area contributed by atoms with E-state index in [0.717, 1.165) is 22.4 Å². The molecule has 0 heterocycles. The molecule has 5 heteroatoms. The number of aryl methyl sites for hydroxylation is 1. The van der Waals surface area contributed by atoms with Gasteiger partial charge in [-0.05, 0) is 42.2 Å². The van der Waals surface area contributed by atoms with Gasteiger partial charge in [0.15, 0.2) is 0 Å². The van der Waals surface area contributed by atoms with Gasteiger partial charge in [0.25, 0.3) is 0 Å². The van der Waals surface area contributed by atoms with Gasteiger partial charge in [0, 0.05) is 13.6 Å². The van der Waals surface area contributed by atoms with Crippen LogP contribution in [-0.2, 0) is 22.6 Å². The first-order valence-electron chi connectivity index (χ1n) is 9.18. The third kappa shape index (κ3) is 5.33. The molecule has 0 aromatic heterocycles. The number of benzene rings is 2. The molecule has 27 heavy (non-hydrogen) atoms. The first kappa shape index (κ1) is 20.5. The van der Waals surface area contributed by atoms with E-state index in [4.69, 9.17) is 4.74 Å². The minimum Gasteiger partial charge on any atom is -0.497 e. The Kier molecular flexibility index (Phi) is 7.41. The van der Waals surface area contributed by atoms with Gasteiger partial charge < -0.3 is 15.0 Å². The normalized spacial score (nSPS) is 11.6. The maximum absolute atomic E-state index is 13.1. The number of hydrogen-bond donors (Lipinski definition) is 1. The fourth-order valence-electron chi connectivity index (χ4n) is 3.08. The molecule has 0 radical (unpaired) electrons. The maximum atomic E-state index is 13.1. The van der Waals surface area contributed by atoms with Gasteiger partial charge in [-0.3, -0.25) is 9.59 Å². The van der Waals surface area contributed by atoms with Gasteiger partial charge in [-0.1, -0.05) is 43.3 Å². The molecule has 144 valence electrons. The lowest BCUT2D eigenvalue weighted by atomic mass is 10.0. The van der Waals surface area contributed by atoms with Crippen LogP contribution in [0.15, 0.2) is 48.5 Å². The highest BCUT2D eigenvalue weighted by atomic mass is 16.5. The number of carbonyl (C=O) groups excluding carboxylic acids is 2. The van der Waals surface area contributed by atoms with E-state index in [1.807, 2.05) is 62.4 Å². The lowest BCUT2D eigenvalue weighted by Gasteiger charge is -2.31. The quantitative estimate of drug-likeness (QED) is 0.779. The van der Waals surface area contributed by atoms with Crippen LogP contribution in [0.3, 0.4) is 0 Å². The van der Waals surface area contributed by atoms with Crippen molar-refractivity contribution in [1.82, 2.24) is 10.2 Å². The van der Waals surface area contributed by atoms with Crippen molar-refractivity contribution < 1.29 is 14.3 Å². The number of nitrogens with one attached hydrogen (secondary N) is 1. The highest BCUT2D eigenvalue weighted by Gasteiger charge is 2.28. The van der Waals surface area contributed by atoms with Gasteiger partial charge >= 0.3 is 0 Å². The van der Waals surface area contributed by atoms with Crippen molar-refractivity contribution >= 4 is 11.8 Å². The van der Waals surface area contributed by atoms with Crippen molar-refractivity contribution in [2.45, 2.75) is 39.3 Å². The zero-order chi connectivity index (χ0) is 19.8. The van der Waals surface area contributed by atoms with Crippen LogP contribution in [0.5, 0.6) is 5.75 Å². The third-order valence-electron chi connectivity index (χ3n) is 4.75. The van der Waals surface area contributed by atoms with Gasteiger partial charge in [0.05, 0.1) is 13.5 Å². The molecule has 5 nitrogen and oxygen atoms in total. The summed E-state index contributed by atoms with van der Waals surface area (Å²) >= 11 is 0. The highest BCUT2D eigenvalue weighted by Crippen LogP contribution is 2.18. The lowest BCUT2D eigenvalue weighted by Crippen LogP contribution is -2.48. The molecular formula is C22H28N2O3. The Morgan fingerprint density at radius 1 is 1.11 bits per heavy atom. The summed E-state index contributed by atoms with van der Waals surface area (Å²) in [6.45, 7) is 4.35. The van der Waals surface area contributed by atoms with E-state index in [-0.39, 0.29) is 18.2 Å². The van der Waals surface area contributed by atoms with Gasteiger partial charge in [-0.2, -0.15) is 0 Å². The zero-order valence-electron chi connectivity index (χ0n) is 16.5. The van der Waals surface area contributed by atoms with Crippen LogP contribution in [0.4, 0.5) is 0 Å². The molecule has 0 aliphatic carbocycles. The molecule has 2 rings (SSSR count). The molecule has 2 aromatic carbocycles. The zero-order valence-corrected chi connectivity index (χ0v) is 16.5. The summed E-state index contributed by atoms with van der Waals surface area (Å²) in [5.74, 6) is 0.535. The summed E-state index contributed by atoms with van der Waals surface area (Å²) in [5.41, 5.74) is 3.04. The minimum atomic E-state index is -0.500. The van der Waals surface area contributed by atoms with Gasteiger partial charge in [-0.25, -0.2) is 0 Å². The van der Waals surface area contributed by atoms with E-state index >= 15 is 0 Å².